The molecule has 2 aromatic rings. The average molecular weight is 451 g/mol. The number of nitrogens with zero attached hydrogens (tertiary/aromatic N) is 1. The largest absolute Gasteiger partial charge is 0.495 e. The molecule has 2 aromatic carbocycles. The Labute approximate surface area is 171 Å². The van der Waals surface area contributed by atoms with Crippen molar-refractivity contribution in [3.63, 3.8) is 0 Å². The van der Waals surface area contributed by atoms with Crippen LogP contribution in [0.25, 0.3) is 0 Å². The summed E-state index contributed by atoms with van der Waals surface area (Å²) < 4.78 is 70.2. The van der Waals surface area contributed by atoms with Crippen LogP contribution in [0.4, 0.5) is 18.9 Å². The second-order valence-corrected chi connectivity index (χ2v) is 8.58. The van der Waals surface area contributed by atoms with Gasteiger partial charge in [-0.05, 0) is 42.8 Å². The molecule has 1 amide bonds. The van der Waals surface area contributed by atoms with E-state index in [4.69, 9.17) is 16.3 Å². The molecule has 0 saturated heterocycles. The van der Waals surface area contributed by atoms with Crippen LogP contribution in [-0.4, -0.2) is 39.3 Å². The number of alkyl halides is 3. The summed E-state index contributed by atoms with van der Waals surface area (Å²) in [6.45, 7) is 1.08. The lowest BCUT2D eigenvalue weighted by molar-refractivity contribution is -0.137. The molecule has 0 saturated carbocycles. The highest BCUT2D eigenvalue weighted by atomic mass is 35.5. The molecule has 0 spiro atoms. The van der Waals surface area contributed by atoms with Crippen molar-refractivity contribution in [2.75, 3.05) is 26.0 Å². The van der Waals surface area contributed by atoms with Gasteiger partial charge < -0.3 is 10.1 Å². The molecule has 6 nitrogen and oxygen atoms in total. The minimum absolute atomic E-state index is 0.107. The van der Waals surface area contributed by atoms with Crippen molar-refractivity contribution in [3.8, 4) is 5.75 Å². The molecule has 1 N–H and O–H groups in total. The van der Waals surface area contributed by atoms with Gasteiger partial charge in [0.1, 0.15) is 10.6 Å². The molecule has 0 aromatic heterocycles. The van der Waals surface area contributed by atoms with Crippen molar-refractivity contribution in [1.82, 2.24) is 4.31 Å². The number of sulfonamides is 1. The number of anilines is 1. The first kappa shape index (κ1) is 23.0. The predicted octanol–water partition coefficient (Wildman–Crippen LogP) is 3.94. The number of ether oxygens (including phenoxy) is 1. The fourth-order valence-corrected chi connectivity index (χ4v) is 4.05. The number of benzene rings is 2. The highest BCUT2D eigenvalue weighted by Gasteiger charge is 2.33. The monoisotopic (exact) mass is 450 g/mol. The van der Waals surface area contributed by atoms with Crippen LogP contribution in [0.2, 0.25) is 5.02 Å². The SMILES string of the molecule is COc1ccc(C)cc1S(=O)(=O)N(C)CC(=O)Nc1ccc(Cl)c(C(F)(F)F)c1. The lowest BCUT2D eigenvalue weighted by Crippen LogP contribution is -2.35. The number of likely N-dealkylation sites (N-methyl/N-ethyl adjacent to an activating group) is 1. The van der Waals surface area contributed by atoms with Crippen LogP contribution < -0.4 is 10.1 Å². The number of halogens is 4. The van der Waals surface area contributed by atoms with E-state index >= 15 is 0 Å². The number of carbonyl (C=O) groups excluding carboxylic acids is 1. The van der Waals surface area contributed by atoms with E-state index in [1.807, 2.05) is 0 Å². The minimum Gasteiger partial charge on any atom is -0.495 e. The Kier molecular flexibility index (Phi) is 6.82. The first-order chi connectivity index (χ1) is 13.4. The van der Waals surface area contributed by atoms with Crippen molar-refractivity contribution in [2.24, 2.45) is 0 Å². The zero-order chi connectivity index (χ0) is 22.0. The van der Waals surface area contributed by atoms with Crippen LogP contribution in [0, 0.1) is 6.92 Å². The summed E-state index contributed by atoms with van der Waals surface area (Å²) in [6.07, 6.45) is -4.69. The van der Waals surface area contributed by atoms with Gasteiger partial charge in [0.05, 0.1) is 24.2 Å². The molecule has 29 heavy (non-hydrogen) atoms. The Bertz CT molecular complexity index is 1030. The summed E-state index contributed by atoms with van der Waals surface area (Å²) in [5, 5.41) is 1.73. The minimum atomic E-state index is -4.69. The Morgan fingerprint density at radius 3 is 2.45 bits per heavy atom. The molecule has 0 radical (unpaired) electrons. The quantitative estimate of drug-likeness (QED) is 0.723. The molecule has 0 fully saturated rings. The summed E-state index contributed by atoms with van der Waals surface area (Å²) in [4.78, 5) is 12.1. The Balaban J connectivity index is 2.20. The van der Waals surface area contributed by atoms with Crippen LogP contribution in [0.15, 0.2) is 41.3 Å². The predicted molar refractivity (Wildman–Crippen MR) is 103 cm³/mol. The standard InChI is InChI=1S/C18H18ClF3N2O4S/c1-11-4-7-15(28-3)16(8-11)29(26,27)24(2)10-17(25)23-12-5-6-14(19)13(9-12)18(20,21)22/h4-9H,10H2,1-3H3,(H,23,25). The number of nitrogens with one attached hydrogen (secondary N) is 1. The van der Waals surface area contributed by atoms with Crippen LogP contribution >= 0.6 is 11.6 Å². The van der Waals surface area contributed by atoms with E-state index in [1.165, 1.54) is 32.4 Å². The van der Waals surface area contributed by atoms with Gasteiger partial charge in [0, 0.05) is 12.7 Å². The molecule has 0 aliphatic carbocycles. The third-order valence-corrected chi connectivity index (χ3v) is 6.08. The maximum absolute atomic E-state index is 12.9. The van der Waals surface area contributed by atoms with E-state index in [2.05, 4.69) is 5.32 Å². The highest BCUT2D eigenvalue weighted by Crippen LogP contribution is 2.36. The topological polar surface area (TPSA) is 75.7 Å². The molecule has 2 rings (SSSR count). The lowest BCUT2D eigenvalue weighted by Gasteiger charge is -2.19. The molecular weight excluding hydrogens is 433 g/mol. The summed E-state index contributed by atoms with van der Waals surface area (Å²) >= 11 is 5.54. The normalized spacial score (nSPS) is 12.1. The van der Waals surface area contributed by atoms with Gasteiger partial charge in [-0.3, -0.25) is 4.79 Å². The van der Waals surface area contributed by atoms with Crippen molar-refractivity contribution < 1.29 is 31.1 Å². The third-order valence-electron chi connectivity index (χ3n) is 3.93. The zero-order valence-electron chi connectivity index (χ0n) is 15.7. The van der Waals surface area contributed by atoms with Crippen LogP contribution in [0.1, 0.15) is 11.1 Å². The molecule has 0 unspecified atom stereocenters. The molecular formula is C18H18ClF3N2O4S. The molecule has 0 bridgehead atoms. The van der Waals surface area contributed by atoms with Crippen molar-refractivity contribution in [3.05, 3.63) is 52.5 Å². The second kappa shape index (κ2) is 8.60. The van der Waals surface area contributed by atoms with Gasteiger partial charge in [-0.25, -0.2) is 8.42 Å². The van der Waals surface area contributed by atoms with Crippen LogP contribution in [0.3, 0.4) is 0 Å². The first-order valence-corrected chi connectivity index (χ1v) is 9.95. The van der Waals surface area contributed by atoms with Crippen molar-refractivity contribution in [1.29, 1.82) is 0 Å². The number of carbonyl (C=O) groups is 1. The van der Waals surface area contributed by atoms with E-state index in [9.17, 15) is 26.4 Å². The fraction of sp³-hybridized carbons (Fsp3) is 0.278. The number of amides is 1. The molecule has 0 atom stereocenters. The van der Waals surface area contributed by atoms with Crippen LogP contribution in [0.5, 0.6) is 5.75 Å². The maximum atomic E-state index is 12.9. The van der Waals surface area contributed by atoms with Crippen LogP contribution in [-0.2, 0) is 21.0 Å². The summed E-state index contributed by atoms with van der Waals surface area (Å²) in [5.41, 5.74) is -0.601. The summed E-state index contributed by atoms with van der Waals surface area (Å²) in [7, 11) is -1.59. The van der Waals surface area contributed by atoms with E-state index in [1.54, 1.807) is 13.0 Å². The van der Waals surface area contributed by atoms with Gasteiger partial charge in [-0.1, -0.05) is 17.7 Å². The van der Waals surface area contributed by atoms with Gasteiger partial charge in [0.15, 0.2) is 0 Å². The third kappa shape index (κ3) is 5.40. The highest BCUT2D eigenvalue weighted by molar-refractivity contribution is 7.89. The van der Waals surface area contributed by atoms with Crippen molar-refractivity contribution >= 4 is 33.2 Å². The molecule has 0 aliphatic heterocycles. The lowest BCUT2D eigenvalue weighted by atomic mass is 10.2. The maximum Gasteiger partial charge on any atom is 0.417 e. The Morgan fingerprint density at radius 2 is 1.86 bits per heavy atom. The van der Waals surface area contributed by atoms with E-state index in [0.29, 0.717) is 11.6 Å². The number of methoxy groups -OCH3 is 1. The smallest absolute Gasteiger partial charge is 0.417 e. The first-order valence-electron chi connectivity index (χ1n) is 8.14. The zero-order valence-corrected chi connectivity index (χ0v) is 17.2. The second-order valence-electron chi connectivity index (χ2n) is 6.16. The van der Waals surface area contributed by atoms with Gasteiger partial charge >= 0.3 is 6.18 Å². The number of hydrogen-bond acceptors (Lipinski definition) is 4. The number of aryl methyl sites for hydroxylation is 1. The van der Waals surface area contributed by atoms with E-state index in [-0.39, 0.29) is 16.3 Å². The fourth-order valence-electron chi connectivity index (χ4n) is 2.46. The molecule has 158 valence electrons. The number of hydrogen-bond donors (Lipinski definition) is 1. The van der Waals surface area contributed by atoms with Gasteiger partial charge in [-0.2, -0.15) is 17.5 Å². The molecule has 0 aliphatic rings. The number of rotatable bonds is 6. The van der Waals surface area contributed by atoms with E-state index < -0.39 is 39.2 Å². The molecule has 11 heteroatoms. The molecule has 0 heterocycles. The Morgan fingerprint density at radius 1 is 1.21 bits per heavy atom. The summed E-state index contributed by atoms with van der Waals surface area (Å²) in [5.74, 6) is -0.714. The van der Waals surface area contributed by atoms with Gasteiger partial charge in [0.2, 0.25) is 15.9 Å². The Hall–Kier alpha value is -2.30. The van der Waals surface area contributed by atoms with Gasteiger partial charge in [-0.15, -0.1) is 0 Å². The van der Waals surface area contributed by atoms with Crippen molar-refractivity contribution in [2.45, 2.75) is 18.0 Å². The average Bonchev–Trinajstić information content (AvgIpc) is 2.62. The van der Waals surface area contributed by atoms with E-state index in [0.717, 1.165) is 10.4 Å². The van der Waals surface area contributed by atoms with Gasteiger partial charge in [0.25, 0.3) is 0 Å². The summed E-state index contributed by atoms with van der Waals surface area (Å²) in [6, 6.07) is 7.42.